The first-order valence-electron chi connectivity index (χ1n) is 7.00. The number of benzene rings is 1. The Hall–Kier alpha value is -1.62. The molecule has 1 aliphatic heterocycles. The van der Waals surface area contributed by atoms with E-state index in [-0.39, 0.29) is 17.8 Å². The molecular formula is C15H20FNO3. The van der Waals surface area contributed by atoms with Gasteiger partial charge in [0.15, 0.2) is 17.7 Å². The van der Waals surface area contributed by atoms with E-state index in [0.29, 0.717) is 32.4 Å². The summed E-state index contributed by atoms with van der Waals surface area (Å²) in [5.41, 5.74) is 0. The van der Waals surface area contributed by atoms with Crippen molar-refractivity contribution in [1.29, 1.82) is 0 Å². The summed E-state index contributed by atoms with van der Waals surface area (Å²) in [5.74, 6) is -0.500. The van der Waals surface area contributed by atoms with Crippen molar-refractivity contribution in [3.8, 4) is 5.75 Å². The van der Waals surface area contributed by atoms with E-state index >= 15 is 0 Å². The van der Waals surface area contributed by atoms with Gasteiger partial charge in [0, 0.05) is 13.1 Å². The SMILES string of the molecule is CCC(Oc1ccccc1F)C(=O)N1CCC(O)CC1. The number of aliphatic hydroxyl groups is 1. The van der Waals surface area contributed by atoms with E-state index in [9.17, 15) is 14.3 Å². The van der Waals surface area contributed by atoms with Gasteiger partial charge in [0.25, 0.3) is 5.91 Å². The van der Waals surface area contributed by atoms with Gasteiger partial charge in [-0.15, -0.1) is 0 Å². The minimum atomic E-state index is -0.679. The Morgan fingerprint density at radius 1 is 1.45 bits per heavy atom. The number of carbonyl (C=O) groups is 1. The first-order valence-corrected chi connectivity index (χ1v) is 7.00. The van der Waals surface area contributed by atoms with E-state index in [2.05, 4.69) is 0 Å². The van der Waals surface area contributed by atoms with Gasteiger partial charge in [-0.05, 0) is 31.4 Å². The molecule has 1 N–H and O–H groups in total. The number of likely N-dealkylation sites (tertiary alicyclic amines) is 1. The van der Waals surface area contributed by atoms with Crippen molar-refractivity contribution < 1.29 is 19.0 Å². The lowest BCUT2D eigenvalue weighted by atomic mass is 10.1. The van der Waals surface area contributed by atoms with E-state index in [1.54, 1.807) is 17.0 Å². The van der Waals surface area contributed by atoms with E-state index in [0.717, 1.165) is 0 Å². The summed E-state index contributed by atoms with van der Waals surface area (Å²) in [6.45, 7) is 2.89. The number of amides is 1. The number of carbonyl (C=O) groups excluding carboxylic acids is 1. The fraction of sp³-hybridized carbons (Fsp3) is 0.533. The van der Waals surface area contributed by atoms with Crippen LogP contribution in [0.1, 0.15) is 26.2 Å². The Morgan fingerprint density at radius 2 is 2.10 bits per heavy atom. The minimum absolute atomic E-state index is 0.102. The zero-order chi connectivity index (χ0) is 14.5. The van der Waals surface area contributed by atoms with Crippen LogP contribution in [0.25, 0.3) is 0 Å². The second kappa shape index (κ2) is 6.70. The first-order chi connectivity index (χ1) is 9.61. The summed E-state index contributed by atoms with van der Waals surface area (Å²) in [7, 11) is 0. The van der Waals surface area contributed by atoms with Crippen molar-refractivity contribution in [2.75, 3.05) is 13.1 Å². The van der Waals surface area contributed by atoms with Crippen LogP contribution in [0.3, 0.4) is 0 Å². The number of hydrogen-bond donors (Lipinski definition) is 1. The molecule has 0 aliphatic carbocycles. The normalized spacial score (nSPS) is 17.9. The lowest BCUT2D eigenvalue weighted by Gasteiger charge is -2.32. The van der Waals surface area contributed by atoms with Crippen molar-refractivity contribution in [2.24, 2.45) is 0 Å². The van der Waals surface area contributed by atoms with Gasteiger partial charge in [-0.25, -0.2) is 4.39 Å². The van der Waals surface area contributed by atoms with E-state index in [1.165, 1.54) is 12.1 Å². The van der Waals surface area contributed by atoms with Crippen LogP contribution in [0.15, 0.2) is 24.3 Å². The highest BCUT2D eigenvalue weighted by atomic mass is 19.1. The molecule has 0 radical (unpaired) electrons. The van der Waals surface area contributed by atoms with E-state index < -0.39 is 11.9 Å². The highest BCUT2D eigenvalue weighted by Gasteiger charge is 2.28. The van der Waals surface area contributed by atoms with Crippen LogP contribution in [0, 0.1) is 5.82 Å². The summed E-state index contributed by atoms with van der Waals surface area (Å²) in [5, 5.41) is 9.46. The van der Waals surface area contributed by atoms with E-state index in [4.69, 9.17) is 4.74 Å². The maximum atomic E-state index is 13.6. The van der Waals surface area contributed by atoms with E-state index in [1.807, 2.05) is 6.92 Å². The zero-order valence-electron chi connectivity index (χ0n) is 11.6. The summed E-state index contributed by atoms with van der Waals surface area (Å²) in [6.07, 6.45) is 0.643. The van der Waals surface area contributed by atoms with Crippen LogP contribution in [0.5, 0.6) is 5.75 Å². The van der Waals surface area contributed by atoms with Crippen molar-refractivity contribution in [2.45, 2.75) is 38.4 Å². The molecule has 1 atom stereocenters. The molecule has 1 fully saturated rings. The molecule has 2 rings (SSSR count). The molecule has 1 unspecified atom stereocenters. The summed E-state index contributed by atoms with van der Waals surface area (Å²) < 4.78 is 19.1. The number of para-hydroxylation sites is 1. The van der Waals surface area contributed by atoms with Gasteiger partial charge in [0.05, 0.1) is 6.10 Å². The molecule has 1 amide bonds. The van der Waals surface area contributed by atoms with Gasteiger partial charge in [-0.3, -0.25) is 4.79 Å². The van der Waals surface area contributed by atoms with Gasteiger partial charge < -0.3 is 14.7 Å². The molecule has 1 aromatic rings. The maximum absolute atomic E-state index is 13.6. The van der Waals surface area contributed by atoms with Crippen molar-refractivity contribution in [1.82, 2.24) is 4.90 Å². The highest BCUT2D eigenvalue weighted by Crippen LogP contribution is 2.20. The largest absolute Gasteiger partial charge is 0.478 e. The predicted octanol–water partition coefficient (Wildman–Crippen LogP) is 1.97. The molecular weight excluding hydrogens is 261 g/mol. The van der Waals surface area contributed by atoms with Gasteiger partial charge >= 0.3 is 0 Å². The molecule has 1 heterocycles. The topological polar surface area (TPSA) is 49.8 Å². The molecule has 20 heavy (non-hydrogen) atoms. The molecule has 5 heteroatoms. The fourth-order valence-electron chi connectivity index (χ4n) is 2.29. The van der Waals surface area contributed by atoms with Gasteiger partial charge in [0.2, 0.25) is 0 Å². The predicted molar refractivity (Wildman–Crippen MR) is 72.9 cm³/mol. The number of nitrogens with zero attached hydrogens (tertiary/aromatic N) is 1. The second-order valence-corrected chi connectivity index (χ2v) is 5.00. The fourth-order valence-corrected chi connectivity index (χ4v) is 2.29. The average molecular weight is 281 g/mol. The molecule has 0 spiro atoms. The van der Waals surface area contributed by atoms with Crippen LogP contribution < -0.4 is 4.74 Å². The Labute approximate surface area is 118 Å². The van der Waals surface area contributed by atoms with Crippen LogP contribution >= 0.6 is 0 Å². The Morgan fingerprint density at radius 3 is 2.70 bits per heavy atom. The number of ether oxygens (including phenoxy) is 1. The van der Waals surface area contributed by atoms with Gasteiger partial charge in [-0.2, -0.15) is 0 Å². The Bertz CT molecular complexity index is 458. The number of hydrogen-bond acceptors (Lipinski definition) is 3. The molecule has 110 valence electrons. The quantitative estimate of drug-likeness (QED) is 0.918. The highest BCUT2D eigenvalue weighted by molar-refractivity contribution is 5.81. The summed E-state index contributed by atoms with van der Waals surface area (Å²) in [6, 6.07) is 6.08. The van der Waals surface area contributed by atoms with Crippen LogP contribution in [-0.4, -0.2) is 41.2 Å². The lowest BCUT2D eigenvalue weighted by molar-refractivity contribution is -0.141. The average Bonchev–Trinajstić information content (AvgIpc) is 2.46. The molecule has 1 aromatic carbocycles. The third-order valence-electron chi connectivity index (χ3n) is 3.53. The molecule has 0 aromatic heterocycles. The standard InChI is InChI=1S/C15H20FNO3/c1-2-13(20-14-6-4-3-5-12(14)16)15(19)17-9-7-11(18)8-10-17/h3-6,11,13,18H,2,7-10H2,1H3. The third-order valence-corrected chi connectivity index (χ3v) is 3.53. The van der Waals surface area contributed by atoms with Crippen molar-refractivity contribution in [3.63, 3.8) is 0 Å². The molecule has 4 nitrogen and oxygen atoms in total. The molecule has 1 saturated heterocycles. The van der Waals surface area contributed by atoms with Crippen LogP contribution in [-0.2, 0) is 4.79 Å². The second-order valence-electron chi connectivity index (χ2n) is 5.00. The number of piperidine rings is 1. The first kappa shape index (κ1) is 14.8. The van der Waals surface area contributed by atoms with Crippen molar-refractivity contribution in [3.05, 3.63) is 30.1 Å². The monoisotopic (exact) mass is 281 g/mol. The minimum Gasteiger partial charge on any atom is -0.478 e. The summed E-state index contributed by atoms with van der Waals surface area (Å²) >= 11 is 0. The smallest absolute Gasteiger partial charge is 0.263 e. The van der Waals surface area contributed by atoms with Crippen LogP contribution in [0.2, 0.25) is 0 Å². The Balaban J connectivity index is 2.01. The number of rotatable bonds is 4. The number of halogens is 1. The van der Waals surface area contributed by atoms with Crippen LogP contribution in [0.4, 0.5) is 4.39 Å². The molecule has 0 saturated carbocycles. The summed E-state index contributed by atoms with van der Waals surface area (Å²) in [4.78, 5) is 14.0. The third kappa shape index (κ3) is 3.48. The van der Waals surface area contributed by atoms with Gasteiger partial charge in [-0.1, -0.05) is 19.1 Å². The van der Waals surface area contributed by atoms with Crippen molar-refractivity contribution >= 4 is 5.91 Å². The number of aliphatic hydroxyl groups excluding tert-OH is 1. The van der Waals surface area contributed by atoms with Gasteiger partial charge in [0.1, 0.15) is 0 Å². The zero-order valence-corrected chi connectivity index (χ0v) is 11.6. The lowest BCUT2D eigenvalue weighted by Crippen LogP contribution is -2.46. The maximum Gasteiger partial charge on any atom is 0.263 e. The Kier molecular flexibility index (Phi) is 4.95. The molecule has 0 bridgehead atoms. The molecule has 1 aliphatic rings.